The summed E-state index contributed by atoms with van der Waals surface area (Å²) in [4.78, 5) is 31.6. The van der Waals surface area contributed by atoms with E-state index in [0.717, 1.165) is 11.3 Å². The maximum atomic E-state index is 13.1. The summed E-state index contributed by atoms with van der Waals surface area (Å²) in [5.74, 6) is -0.728. The second-order valence-corrected chi connectivity index (χ2v) is 7.37. The molecule has 0 saturated carbocycles. The fourth-order valence-corrected chi connectivity index (χ4v) is 3.80. The number of aromatic nitrogens is 1. The number of carbonyl (C=O) groups excluding carboxylic acids is 2. The fraction of sp³-hybridized carbons (Fsp3) is 0.174. The van der Waals surface area contributed by atoms with Crippen LogP contribution in [0.5, 0.6) is 0 Å². The van der Waals surface area contributed by atoms with Crippen LogP contribution >= 0.6 is 11.6 Å². The predicted octanol–water partition coefficient (Wildman–Crippen LogP) is 3.99. The lowest BCUT2D eigenvalue weighted by atomic mass is 10.0. The van der Waals surface area contributed by atoms with E-state index in [2.05, 4.69) is 10.3 Å². The number of carbonyl (C=O) groups is 2. The van der Waals surface area contributed by atoms with Crippen LogP contribution in [0.25, 0.3) is 0 Å². The molecule has 146 valence electrons. The molecule has 0 spiro atoms. The number of nitrogens with one attached hydrogen (secondary N) is 1. The van der Waals surface area contributed by atoms with Crippen molar-refractivity contribution in [3.05, 3.63) is 95.3 Å². The number of hydrogen-bond acceptors (Lipinski definition) is 3. The molecule has 1 N–H and O–H groups in total. The second-order valence-electron chi connectivity index (χ2n) is 6.96. The summed E-state index contributed by atoms with van der Waals surface area (Å²) in [5, 5.41) is 3.58. The lowest BCUT2D eigenvalue weighted by Crippen LogP contribution is -2.36. The number of para-hydroxylation sites is 1. The SMILES string of the molecule is O=C(NC(c1ccccc1)c1ccccn1)C1CC(=O)N(c2ccccc2Cl)C1. The molecule has 3 aromatic rings. The molecule has 1 fully saturated rings. The summed E-state index contributed by atoms with van der Waals surface area (Å²) < 4.78 is 0. The van der Waals surface area contributed by atoms with Crippen LogP contribution in [-0.2, 0) is 9.59 Å². The number of amides is 2. The Hall–Kier alpha value is -3.18. The van der Waals surface area contributed by atoms with Gasteiger partial charge in [0, 0.05) is 19.2 Å². The maximum absolute atomic E-state index is 13.1. The van der Waals surface area contributed by atoms with Crippen LogP contribution in [0.1, 0.15) is 23.7 Å². The molecule has 2 unspecified atom stereocenters. The number of benzene rings is 2. The highest BCUT2D eigenvalue weighted by molar-refractivity contribution is 6.33. The number of halogens is 1. The van der Waals surface area contributed by atoms with Crippen molar-refractivity contribution in [3.8, 4) is 0 Å². The Kier molecular flexibility index (Phi) is 5.58. The average molecular weight is 406 g/mol. The molecule has 2 aromatic carbocycles. The van der Waals surface area contributed by atoms with Gasteiger partial charge >= 0.3 is 0 Å². The summed E-state index contributed by atoms with van der Waals surface area (Å²) in [7, 11) is 0. The first-order valence-corrected chi connectivity index (χ1v) is 9.82. The van der Waals surface area contributed by atoms with Crippen LogP contribution in [0.15, 0.2) is 79.0 Å². The molecule has 1 aliphatic rings. The molecule has 5 nitrogen and oxygen atoms in total. The van der Waals surface area contributed by atoms with Crippen LogP contribution < -0.4 is 10.2 Å². The molecule has 4 rings (SSSR count). The largest absolute Gasteiger partial charge is 0.343 e. The van der Waals surface area contributed by atoms with Crippen LogP contribution in [0.2, 0.25) is 5.02 Å². The minimum Gasteiger partial charge on any atom is -0.343 e. The molecule has 0 aliphatic carbocycles. The molecule has 2 amide bonds. The normalized spacial score (nSPS) is 17.2. The third kappa shape index (κ3) is 4.15. The molecule has 6 heteroatoms. The van der Waals surface area contributed by atoms with Crippen molar-refractivity contribution < 1.29 is 9.59 Å². The molecular formula is C23H20ClN3O2. The summed E-state index contributed by atoms with van der Waals surface area (Å²) in [6, 6.07) is 22.1. The van der Waals surface area contributed by atoms with E-state index in [1.807, 2.05) is 60.7 Å². The van der Waals surface area contributed by atoms with Gasteiger partial charge in [-0.2, -0.15) is 0 Å². The van der Waals surface area contributed by atoms with Gasteiger partial charge in [0.15, 0.2) is 0 Å². The van der Waals surface area contributed by atoms with E-state index in [9.17, 15) is 9.59 Å². The van der Waals surface area contributed by atoms with E-state index in [4.69, 9.17) is 11.6 Å². The first-order valence-electron chi connectivity index (χ1n) is 9.44. The van der Waals surface area contributed by atoms with Crippen molar-refractivity contribution in [2.75, 3.05) is 11.4 Å². The van der Waals surface area contributed by atoms with Gasteiger partial charge in [0.05, 0.1) is 28.4 Å². The van der Waals surface area contributed by atoms with Gasteiger partial charge in [-0.15, -0.1) is 0 Å². The van der Waals surface area contributed by atoms with E-state index in [1.165, 1.54) is 0 Å². The van der Waals surface area contributed by atoms with E-state index in [0.29, 0.717) is 17.3 Å². The maximum Gasteiger partial charge on any atom is 0.227 e. The molecule has 2 heterocycles. The lowest BCUT2D eigenvalue weighted by Gasteiger charge is -2.21. The number of nitrogens with zero attached hydrogens (tertiary/aromatic N) is 2. The van der Waals surface area contributed by atoms with Crippen molar-refractivity contribution in [2.45, 2.75) is 12.5 Å². The fourth-order valence-electron chi connectivity index (χ4n) is 3.57. The van der Waals surface area contributed by atoms with Crippen molar-refractivity contribution in [2.24, 2.45) is 5.92 Å². The Labute approximate surface area is 174 Å². The Morgan fingerprint density at radius 1 is 1.03 bits per heavy atom. The zero-order valence-corrected chi connectivity index (χ0v) is 16.4. The second kappa shape index (κ2) is 8.45. The first kappa shape index (κ1) is 19.2. The van der Waals surface area contributed by atoms with Gasteiger partial charge in [0.2, 0.25) is 11.8 Å². The van der Waals surface area contributed by atoms with Gasteiger partial charge in [0.1, 0.15) is 0 Å². The Balaban J connectivity index is 1.54. The van der Waals surface area contributed by atoms with Crippen molar-refractivity contribution >= 4 is 29.1 Å². The molecule has 0 radical (unpaired) electrons. The van der Waals surface area contributed by atoms with Crippen LogP contribution in [0, 0.1) is 5.92 Å². The third-order valence-corrected chi connectivity index (χ3v) is 5.36. The van der Waals surface area contributed by atoms with Gasteiger partial charge in [-0.1, -0.05) is 60.1 Å². The number of pyridine rings is 1. The standard InChI is InChI=1S/C23H20ClN3O2/c24-18-10-4-5-12-20(18)27-15-17(14-21(27)28)23(29)26-22(16-8-2-1-3-9-16)19-11-6-7-13-25-19/h1-13,17,22H,14-15H2,(H,26,29). The zero-order chi connectivity index (χ0) is 20.2. The van der Waals surface area contributed by atoms with Crippen molar-refractivity contribution in [1.82, 2.24) is 10.3 Å². The number of anilines is 1. The zero-order valence-electron chi connectivity index (χ0n) is 15.7. The minimum absolute atomic E-state index is 0.104. The van der Waals surface area contributed by atoms with Gasteiger partial charge in [-0.25, -0.2) is 0 Å². The molecule has 1 saturated heterocycles. The van der Waals surface area contributed by atoms with Crippen LogP contribution in [0.4, 0.5) is 5.69 Å². The summed E-state index contributed by atoms with van der Waals surface area (Å²) >= 11 is 6.24. The van der Waals surface area contributed by atoms with E-state index in [1.54, 1.807) is 23.2 Å². The Morgan fingerprint density at radius 3 is 2.48 bits per heavy atom. The number of hydrogen-bond donors (Lipinski definition) is 1. The topological polar surface area (TPSA) is 62.3 Å². The van der Waals surface area contributed by atoms with Crippen LogP contribution in [0.3, 0.4) is 0 Å². The smallest absolute Gasteiger partial charge is 0.227 e. The summed E-state index contributed by atoms with van der Waals surface area (Å²) in [6.45, 7) is 0.304. The van der Waals surface area contributed by atoms with Gasteiger partial charge in [-0.3, -0.25) is 14.6 Å². The summed E-state index contributed by atoms with van der Waals surface area (Å²) in [6.07, 6.45) is 1.86. The Bertz CT molecular complexity index is 971. The molecule has 29 heavy (non-hydrogen) atoms. The Morgan fingerprint density at radius 2 is 1.76 bits per heavy atom. The molecule has 2 atom stereocenters. The molecular weight excluding hydrogens is 386 g/mol. The lowest BCUT2D eigenvalue weighted by molar-refractivity contribution is -0.126. The first-order chi connectivity index (χ1) is 14.1. The van der Waals surface area contributed by atoms with E-state index < -0.39 is 5.92 Å². The third-order valence-electron chi connectivity index (χ3n) is 5.04. The average Bonchev–Trinajstić information content (AvgIpc) is 3.15. The molecule has 1 aliphatic heterocycles. The highest BCUT2D eigenvalue weighted by atomic mass is 35.5. The molecule has 0 bridgehead atoms. The van der Waals surface area contributed by atoms with Crippen molar-refractivity contribution in [3.63, 3.8) is 0 Å². The monoisotopic (exact) mass is 405 g/mol. The van der Waals surface area contributed by atoms with Crippen molar-refractivity contribution in [1.29, 1.82) is 0 Å². The van der Waals surface area contributed by atoms with E-state index in [-0.39, 0.29) is 24.3 Å². The van der Waals surface area contributed by atoms with Gasteiger partial charge in [0.25, 0.3) is 0 Å². The summed E-state index contributed by atoms with van der Waals surface area (Å²) in [5.41, 5.74) is 2.32. The van der Waals surface area contributed by atoms with Gasteiger partial charge in [-0.05, 0) is 29.8 Å². The highest BCUT2D eigenvalue weighted by Gasteiger charge is 2.36. The number of rotatable bonds is 5. The minimum atomic E-state index is -0.450. The highest BCUT2D eigenvalue weighted by Crippen LogP contribution is 2.31. The van der Waals surface area contributed by atoms with Gasteiger partial charge < -0.3 is 10.2 Å². The predicted molar refractivity (Wildman–Crippen MR) is 113 cm³/mol. The molecule has 1 aromatic heterocycles. The quantitative estimate of drug-likeness (QED) is 0.698. The van der Waals surface area contributed by atoms with Crippen LogP contribution in [-0.4, -0.2) is 23.3 Å². The van der Waals surface area contributed by atoms with E-state index >= 15 is 0 Å².